The lowest BCUT2D eigenvalue weighted by Crippen LogP contribution is -2.23. The Morgan fingerprint density at radius 1 is 1.26 bits per heavy atom. The van der Waals surface area contributed by atoms with Gasteiger partial charge in [-0.25, -0.2) is 4.98 Å². The molecule has 4 rings (SSSR count). The molecule has 0 spiro atoms. The van der Waals surface area contributed by atoms with Gasteiger partial charge in [-0.2, -0.15) is 0 Å². The summed E-state index contributed by atoms with van der Waals surface area (Å²) >= 11 is 7.40. The summed E-state index contributed by atoms with van der Waals surface area (Å²) in [7, 11) is 1.51. The lowest BCUT2D eigenvalue weighted by Gasteiger charge is -2.17. The fourth-order valence-corrected chi connectivity index (χ4v) is 4.29. The third-order valence-corrected chi connectivity index (χ3v) is 6.51. The van der Waals surface area contributed by atoms with E-state index in [1.54, 1.807) is 36.4 Å². The molecule has 0 radical (unpaired) electrons. The molecular weight excluding hydrogens is 476 g/mol. The Hall–Kier alpha value is -3.30. The number of nitrogens with zero attached hydrogens (tertiary/aromatic N) is 3. The van der Waals surface area contributed by atoms with Gasteiger partial charge in [-0.15, -0.1) is 0 Å². The first-order chi connectivity index (χ1) is 16.3. The van der Waals surface area contributed by atoms with Crippen LogP contribution in [0.15, 0.2) is 56.9 Å². The second kappa shape index (κ2) is 9.90. The summed E-state index contributed by atoms with van der Waals surface area (Å²) in [5.41, 5.74) is 2.28. The first-order valence-corrected chi connectivity index (χ1v) is 11.9. The number of rotatable bonds is 7. The van der Waals surface area contributed by atoms with Gasteiger partial charge in [0.05, 0.1) is 35.1 Å². The van der Waals surface area contributed by atoms with Gasteiger partial charge < -0.3 is 9.26 Å². The van der Waals surface area contributed by atoms with Gasteiger partial charge in [0.1, 0.15) is 5.75 Å². The molecule has 34 heavy (non-hydrogen) atoms. The van der Waals surface area contributed by atoms with Gasteiger partial charge in [0, 0.05) is 17.2 Å². The number of thioether (sulfide) groups is 1. The molecule has 176 valence electrons. The number of benzene rings is 2. The van der Waals surface area contributed by atoms with E-state index in [4.69, 9.17) is 20.9 Å². The van der Waals surface area contributed by atoms with E-state index in [9.17, 15) is 9.59 Å². The van der Waals surface area contributed by atoms with E-state index < -0.39 is 0 Å². The zero-order valence-electron chi connectivity index (χ0n) is 19.1. The largest absolute Gasteiger partial charge is 0.495 e. The van der Waals surface area contributed by atoms with Crippen molar-refractivity contribution < 1.29 is 14.1 Å². The summed E-state index contributed by atoms with van der Waals surface area (Å²) in [6.07, 6.45) is 0. The monoisotopic (exact) mass is 498 g/mol. The number of carbonyl (C=O) groups excluding carboxylic acids is 1. The average Bonchev–Trinajstić information content (AvgIpc) is 3.28. The van der Waals surface area contributed by atoms with E-state index in [0.717, 1.165) is 23.0 Å². The molecular formula is C24H23ClN4O4S. The maximum Gasteiger partial charge on any atom is 0.266 e. The molecule has 0 aliphatic carbocycles. The van der Waals surface area contributed by atoms with E-state index in [-0.39, 0.29) is 29.0 Å². The molecule has 8 nitrogen and oxygen atoms in total. The smallest absolute Gasteiger partial charge is 0.266 e. The number of carbonyl (C=O) groups is 1. The summed E-state index contributed by atoms with van der Waals surface area (Å²) in [6, 6.07) is 12.2. The maximum absolute atomic E-state index is 13.5. The molecule has 2 heterocycles. The summed E-state index contributed by atoms with van der Waals surface area (Å²) in [4.78, 5) is 30.8. The van der Waals surface area contributed by atoms with Crippen LogP contribution in [0.4, 0.5) is 5.88 Å². The van der Waals surface area contributed by atoms with Crippen LogP contribution in [0.25, 0.3) is 16.6 Å². The Morgan fingerprint density at radius 3 is 2.74 bits per heavy atom. The van der Waals surface area contributed by atoms with E-state index >= 15 is 0 Å². The topological polar surface area (TPSA) is 99.2 Å². The van der Waals surface area contributed by atoms with Crippen molar-refractivity contribution >= 4 is 46.1 Å². The van der Waals surface area contributed by atoms with Gasteiger partial charge in [-0.3, -0.25) is 19.5 Å². The van der Waals surface area contributed by atoms with Gasteiger partial charge in [0.2, 0.25) is 11.8 Å². The number of aromatic nitrogens is 3. The van der Waals surface area contributed by atoms with Crippen LogP contribution < -0.4 is 15.6 Å². The third-order valence-electron chi connectivity index (χ3n) is 5.16. The highest BCUT2D eigenvalue weighted by molar-refractivity contribution is 7.99. The normalized spacial score (nSPS) is 11.2. The van der Waals surface area contributed by atoms with Crippen LogP contribution in [0.3, 0.4) is 0 Å². The molecule has 0 fully saturated rings. The van der Waals surface area contributed by atoms with Gasteiger partial charge >= 0.3 is 0 Å². The van der Waals surface area contributed by atoms with Crippen molar-refractivity contribution in [2.75, 3.05) is 18.2 Å². The van der Waals surface area contributed by atoms with E-state index in [1.807, 2.05) is 26.8 Å². The number of halogens is 1. The number of methoxy groups -OCH3 is 1. The minimum Gasteiger partial charge on any atom is -0.495 e. The maximum atomic E-state index is 13.5. The van der Waals surface area contributed by atoms with Crippen LogP contribution in [0.1, 0.15) is 31.0 Å². The summed E-state index contributed by atoms with van der Waals surface area (Å²) in [5.74, 6) is 0.553. The number of fused-ring (bicyclic) bond motifs is 1. The van der Waals surface area contributed by atoms with Gasteiger partial charge in [-0.05, 0) is 36.6 Å². The first kappa shape index (κ1) is 23.8. The number of aryl methyl sites for hydroxylation is 1. The highest BCUT2D eigenvalue weighted by atomic mass is 35.5. The predicted molar refractivity (Wildman–Crippen MR) is 134 cm³/mol. The molecule has 2 aromatic carbocycles. The van der Waals surface area contributed by atoms with Gasteiger partial charge in [0.15, 0.2) is 5.16 Å². The highest BCUT2D eigenvalue weighted by Gasteiger charge is 2.19. The summed E-state index contributed by atoms with van der Waals surface area (Å²) in [6.45, 7) is 5.81. The minimum absolute atomic E-state index is 0.00260. The quantitative estimate of drug-likeness (QED) is 0.276. The molecule has 0 aliphatic heterocycles. The van der Waals surface area contributed by atoms with Crippen molar-refractivity contribution in [3.8, 4) is 11.4 Å². The number of ether oxygens (including phenoxy) is 1. The SMILES string of the molecule is COc1cc(Cl)c(C)cc1-n1c(SCC(=O)Nc2cc(C(C)C)no2)nc2ccccc2c1=O. The molecule has 1 N–H and O–H groups in total. The van der Waals surface area contributed by atoms with Crippen molar-refractivity contribution in [3.63, 3.8) is 0 Å². The molecule has 0 unspecified atom stereocenters. The Kier molecular flexibility index (Phi) is 6.95. The van der Waals surface area contributed by atoms with Crippen molar-refractivity contribution in [1.29, 1.82) is 0 Å². The molecule has 4 aromatic rings. The zero-order valence-corrected chi connectivity index (χ0v) is 20.7. The number of hydrogen-bond acceptors (Lipinski definition) is 7. The van der Waals surface area contributed by atoms with E-state index in [1.165, 1.54) is 11.7 Å². The van der Waals surface area contributed by atoms with Crippen LogP contribution in [-0.4, -0.2) is 33.5 Å². The standard InChI is InChI=1S/C24H23ClN4O4S/c1-13(2)18-11-22(33-28-18)27-21(30)12-34-24-26-17-8-6-5-7-15(17)23(31)29(24)19-9-14(3)16(25)10-20(19)32-4/h5-11,13H,12H2,1-4H3,(H,27,30). The Balaban J connectivity index is 1.71. The fraction of sp³-hybridized carbons (Fsp3) is 0.250. The average molecular weight is 499 g/mol. The predicted octanol–water partition coefficient (Wildman–Crippen LogP) is 5.20. The third kappa shape index (κ3) is 4.80. The molecule has 0 atom stereocenters. The van der Waals surface area contributed by atoms with Crippen molar-refractivity contribution in [1.82, 2.24) is 14.7 Å². The van der Waals surface area contributed by atoms with Crippen LogP contribution in [-0.2, 0) is 4.79 Å². The van der Waals surface area contributed by atoms with E-state index in [0.29, 0.717) is 32.5 Å². The lowest BCUT2D eigenvalue weighted by molar-refractivity contribution is -0.113. The second-order valence-electron chi connectivity index (χ2n) is 7.93. The van der Waals surface area contributed by atoms with Crippen molar-refractivity contribution in [2.45, 2.75) is 31.8 Å². The Morgan fingerprint density at radius 2 is 2.03 bits per heavy atom. The van der Waals surface area contributed by atoms with Crippen LogP contribution in [0.5, 0.6) is 5.75 Å². The zero-order chi connectivity index (χ0) is 24.4. The van der Waals surface area contributed by atoms with E-state index in [2.05, 4.69) is 15.5 Å². The van der Waals surface area contributed by atoms with Gasteiger partial charge in [0.25, 0.3) is 5.56 Å². The Bertz CT molecular complexity index is 1430. The highest BCUT2D eigenvalue weighted by Crippen LogP contribution is 2.32. The van der Waals surface area contributed by atoms with Crippen LogP contribution >= 0.6 is 23.4 Å². The number of anilines is 1. The first-order valence-electron chi connectivity index (χ1n) is 10.5. The summed E-state index contributed by atoms with van der Waals surface area (Å²) in [5, 5.41) is 7.95. The van der Waals surface area contributed by atoms with Crippen molar-refractivity contribution in [3.05, 3.63) is 69.1 Å². The molecule has 10 heteroatoms. The number of nitrogens with one attached hydrogen (secondary N) is 1. The minimum atomic E-state index is -0.315. The number of amides is 1. The lowest BCUT2D eigenvalue weighted by atomic mass is 10.1. The van der Waals surface area contributed by atoms with Gasteiger partial charge in [-0.1, -0.05) is 54.5 Å². The molecule has 1 amide bonds. The summed E-state index contributed by atoms with van der Waals surface area (Å²) < 4.78 is 12.1. The number of hydrogen-bond donors (Lipinski definition) is 1. The van der Waals surface area contributed by atoms with Crippen molar-refractivity contribution in [2.24, 2.45) is 0 Å². The molecule has 0 bridgehead atoms. The second-order valence-corrected chi connectivity index (χ2v) is 9.28. The van der Waals surface area contributed by atoms with Crippen LogP contribution in [0.2, 0.25) is 5.02 Å². The fourth-order valence-electron chi connectivity index (χ4n) is 3.33. The van der Waals surface area contributed by atoms with Crippen LogP contribution in [0, 0.1) is 6.92 Å². The Labute approximate surface area is 205 Å². The molecule has 2 aromatic heterocycles. The molecule has 0 saturated heterocycles. The molecule has 0 aliphatic rings. The molecule has 0 saturated carbocycles. The number of para-hydroxylation sites is 1.